The Labute approximate surface area is 233 Å². The van der Waals surface area contributed by atoms with Crippen LogP contribution in [0.1, 0.15) is 92.9 Å². The molecule has 0 aromatic rings. The molecule has 11 atom stereocenters. The van der Waals surface area contributed by atoms with Crippen LogP contribution in [0.25, 0.3) is 0 Å². The van der Waals surface area contributed by atoms with Crippen molar-refractivity contribution in [3.05, 3.63) is 11.3 Å². The van der Waals surface area contributed by atoms with E-state index in [1.54, 1.807) is 0 Å². The van der Waals surface area contributed by atoms with Crippen molar-refractivity contribution in [2.24, 2.45) is 52.3 Å². The normalized spacial score (nSPS) is 44.5. The highest BCUT2D eigenvalue weighted by atomic mass is 16.5. The summed E-state index contributed by atoms with van der Waals surface area (Å²) in [7, 11) is 1.40. The number of esters is 3. The van der Waals surface area contributed by atoms with Gasteiger partial charge in [-0.15, -0.1) is 0 Å². The van der Waals surface area contributed by atoms with E-state index in [1.165, 1.54) is 46.6 Å². The second-order valence-corrected chi connectivity index (χ2v) is 13.9. The zero-order valence-electron chi connectivity index (χ0n) is 24.9. The van der Waals surface area contributed by atoms with E-state index in [4.69, 9.17) is 18.9 Å². The first kappa shape index (κ1) is 28.5. The molecule has 1 saturated heterocycles. The fraction of sp³-hybridized carbons (Fsp3) is 0.844. The molecule has 218 valence electrons. The van der Waals surface area contributed by atoms with E-state index in [0.29, 0.717) is 40.6 Å². The van der Waals surface area contributed by atoms with Gasteiger partial charge in [-0.1, -0.05) is 27.7 Å². The van der Waals surface area contributed by atoms with Crippen LogP contribution in [-0.2, 0) is 33.3 Å². The van der Waals surface area contributed by atoms with E-state index in [9.17, 15) is 14.4 Å². The summed E-state index contributed by atoms with van der Waals surface area (Å²) in [6.45, 7) is 12.2. The fourth-order valence-corrected chi connectivity index (χ4v) is 10.3. The molecule has 1 aliphatic heterocycles. The number of carbonyl (C=O) groups excluding carboxylic acids is 3. The van der Waals surface area contributed by atoms with E-state index >= 15 is 0 Å². The molecular formula is C32H48O7. The van der Waals surface area contributed by atoms with Crippen molar-refractivity contribution in [3.63, 3.8) is 0 Å². The van der Waals surface area contributed by atoms with Gasteiger partial charge >= 0.3 is 17.9 Å². The molecule has 0 N–H and O–H groups in total. The van der Waals surface area contributed by atoms with Gasteiger partial charge in [-0.2, -0.15) is 0 Å². The average Bonchev–Trinajstić information content (AvgIpc) is 3.36. The fourth-order valence-electron chi connectivity index (χ4n) is 10.3. The third-order valence-corrected chi connectivity index (χ3v) is 12.0. The zero-order chi connectivity index (χ0) is 28.3. The Hall–Kier alpha value is -2.05. The number of hydrogen-bond donors (Lipinski definition) is 0. The van der Waals surface area contributed by atoms with Crippen LogP contribution < -0.4 is 0 Å². The highest BCUT2D eigenvalue weighted by Gasteiger charge is 2.66. The van der Waals surface area contributed by atoms with Gasteiger partial charge in [-0.05, 0) is 85.9 Å². The summed E-state index contributed by atoms with van der Waals surface area (Å²) >= 11 is 0. The van der Waals surface area contributed by atoms with Crippen molar-refractivity contribution >= 4 is 17.9 Å². The monoisotopic (exact) mass is 544 g/mol. The second kappa shape index (κ2) is 10.4. The third-order valence-electron chi connectivity index (χ3n) is 12.0. The van der Waals surface area contributed by atoms with Gasteiger partial charge in [0.2, 0.25) is 0 Å². The number of hydrogen-bond acceptors (Lipinski definition) is 7. The lowest BCUT2D eigenvalue weighted by molar-refractivity contribution is -0.160. The minimum Gasteiger partial charge on any atom is -0.494 e. The van der Waals surface area contributed by atoms with Crippen molar-refractivity contribution < 1.29 is 33.3 Å². The summed E-state index contributed by atoms with van der Waals surface area (Å²) in [5.41, 5.74) is 1.01. The van der Waals surface area contributed by atoms with Crippen LogP contribution >= 0.6 is 0 Å². The van der Waals surface area contributed by atoms with Crippen molar-refractivity contribution in [2.45, 2.75) is 105 Å². The maximum Gasteiger partial charge on any atom is 0.337 e. The van der Waals surface area contributed by atoms with Crippen LogP contribution in [0, 0.1) is 52.3 Å². The van der Waals surface area contributed by atoms with Gasteiger partial charge in [-0.25, -0.2) is 4.79 Å². The maximum absolute atomic E-state index is 12.9. The van der Waals surface area contributed by atoms with Crippen molar-refractivity contribution in [1.82, 2.24) is 0 Å². The number of ether oxygens (including phenoxy) is 4. The molecule has 5 aliphatic rings. The topological polar surface area (TPSA) is 88.1 Å². The second-order valence-electron chi connectivity index (χ2n) is 13.9. The van der Waals surface area contributed by atoms with E-state index < -0.39 is 5.97 Å². The smallest absolute Gasteiger partial charge is 0.337 e. The van der Waals surface area contributed by atoms with E-state index in [1.807, 2.05) is 6.92 Å². The molecule has 5 rings (SSSR count). The first-order chi connectivity index (χ1) is 18.4. The number of methoxy groups -OCH3 is 1. The Bertz CT molecular complexity index is 1030. The number of rotatable bonds is 5. The van der Waals surface area contributed by atoms with Gasteiger partial charge in [0, 0.05) is 31.6 Å². The minimum atomic E-state index is -0.391. The van der Waals surface area contributed by atoms with Gasteiger partial charge in [0.05, 0.1) is 19.3 Å². The van der Waals surface area contributed by atoms with Gasteiger partial charge in [0.25, 0.3) is 0 Å². The molecule has 0 unspecified atom stereocenters. The molecule has 5 fully saturated rings. The summed E-state index contributed by atoms with van der Waals surface area (Å²) < 4.78 is 22.8. The van der Waals surface area contributed by atoms with Gasteiger partial charge in [0.1, 0.15) is 18.0 Å². The Balaban J connectivity index is 1.36. The molecule has 39 heavy (non-hydrogen) atoms. The lowest BCUT2D eigenvalue weighted by atomic mass is 9.44. The quantitative estimate of drug-likeness (QED) is 0.244. The molecule has 0 spiro atoms. The molecule has 0 amide bonds. The largest absolute Gasteiger partial charge is 0.494 e. The minimum absolute atomic E-state index is 0.0866. The van der Waals surface area contributed by atoms with Gasteiger partial charge in [0.15, 0.2) is 0 Å². The van der Waals surface area contributed by atoms with Crippen molar-refractivity contribution in [1.29, 1.82) is 0 Å². The first-order valence-electron chi connectivity index (χ1n) is 15.2. The van der Waals surface area contributed by atoms with E-state index in [0.717, 1.165) is 31.4 Å². The average molecular weight is 545 g/mol. The lowest BCUT2D eigenvalue weighted by Gasteiger charge is -2.61. The highest BCUT2D eigenvalue weighted by molar-refractivity contribution is 5.89. The maximum atomic E-state index is 12.9. The Morgan fingerprint density at radius 1 is 0.974 bits per heavy atom. The molecule has 4 aliphatic carbocycles. The van der Waals surface area contributed by atoms with Crippen molar-refractivity contribution in [2.75, 3.05) is 13.7 Å². The molecule has 0 radical (unpaired) electrons. The molecule has 7 heteroatoms. The number of fused-ring (bicyclic) bond motifs is 7. The number of carbonyl (C=O) groups is 3. The zero-order valence-corrected chi connectivity index (χ0v) is 24.9. The Kier molecular flexibility index (Phi) is 7.60. The van der Waals surface area contributed by atoms with Gasteiger partial charge < -0.3 is 18.9 Å². The summed E-state index contributed by atoms with van der Waals surface area (Å²) in [6.07, 6.45) is 9.29. The van der Waals surface area contributed by atoms with Crippen LogP contribution in [-0.4, -0.2) is 43.8 Å². The number of allylic oxidation sites excluding steroid dienone is 1. The summed E-state index contributed by atoms with van der Waals surface area (Å²) in [5, 5.41) is 0. The van der Waals surface area contributed by atoms with Crippen LogP contribution in [0.3, 0.4) is 0 Å². The molecule has 7 nitrogen and oxygen atoms in total. The summed E-state index contributed by atoms with van der Waals surface area (Å²) in [5.74, 6) is 2.70. The summed E-state index contributed by atoms with van der Waals surface area (Å²) in [6, 6.07) is 0. The standard InChI is InChI=1S/C32H48O7/c1-17(16-37-19(3)33)27(30(35)36-7)29-18(2)28-26(39-29)15-25-23-9-8-21-14-22(38-20(4)34)10-12-31(21,5)24(23)11-13-32(25,28)6/h17-18,21-26,28H,8-16H2,1-7H3/b29-27+/t17-,18-,21+,22+,23+,24-,25-,26-,28-,31-,32-/m0/s1. The predicted octanol–water partition coefficient (Wildman–Crippen LogP) is 5.85. The predicted molar refractivity (Wildman–Crippen MR) is 145 cm³/mol. The van der Waals surface area contributed by atoms with E-state index in [2.05, 4.69) is 20.8 Å². The molecule has 0 bridgehead atoms. The first-order valence-corrected chi connectivity index (χ1v) is 15.2. The van der Waals surface area contributed by atoms with Crippen LogP contribution in [0.15, 0.2) is 11.3 Å². The van der Waals surface area contributed by atoms with E-state index in [-0.39, 0.29) is 48.0 Å². The van der Waals surface area contributed by atoms with Crippen molar-refractivity contribution in [3.8, 4) is 0 Å². The van der Waals surface area contributed by atoms with Gasteiger partial charge in [-0.3, -0.25) is 9.59 Å². The SMILES string of the molecule is COC(=O)/C(=C1/O[C@H]2C[C@H]3[C@@H]4CC[C@@H]5C[C@H](OC(C)=O)CC[C@]5(C)[C@H]4CC[C@]3(C)[C@H]2[C@@H]1C)[C@@H](C)COC(C)=O. The molecule has 0 aromatic heterocycles. The van der Waals surface area contributed by atoms with Crippen LogP contribution in [0.4, 0.5) is 0 Å². The Morgan fingerprint density at radius 3 is 2.36 bits per heavy atom. The third kappa shape index (κ3) is 4.69. The van der Waals surface area contributed by atoms with Crippen LogP contribution in [0.2, 0.25) is 0 Å². The summed E-state index contributed by atoms with van der Waals surface area (Å²) in [4.78, 5) is 36.0. The highest BCUT2D eigenvalue weighted by Crippen LogP contribution is 2.70. The van der Waals surface area contributed by atoms with Crippen LogP contribution in [0.5, 0.6) is 0 Å². The molecular weight excluding hydrogens is 496 g/mol. The lowest BCUT2D eigenvalue weighted by Crippen LogP contribution is -2.54. The molecule has 4 saturated carbocycles. The molecule has 0 aromatic carbocycles. The Morgan fingerprint density at radius 2 is 1.69 bits per heavy atom. The molecule has 1 heterocycles.